The van der Waals surface area contributed by atoms with Crippen LogP contribution in [-0.2, 0) is 32.2 Å². The molecule has 6 bridgehead atoms. The van der Waals surface area contributed by atoms with E-state index >= 15 is 0 Å². The highest BCUT2D eigenvalue weighted by Gasteiger charge is 2.37. The Morgan fingerprint density at radius 1 is 1.18 bits per heavy atom. The van der Waals surface area contributed by atoms with Crippen molar-refractivity contribution in [3.8, 4) is 0 Å². The summed E-state index contributed by atoms with van der Waals surface area (Å²) < 4.78 is 21.5. The van der Waals surface area contributed by atoms with Crippen LogP contribution in [0.25, 0.3) is 5.65 Å². The lowest BCUT2D eigenvalue weighted by atomic mass is 9.92. The maximum Gasteiger partial charge on any atom is 0.337 e. The molecule has 210 valence electrons. The van der Waals surface area contributed by atoms with Crippen LogP contribution in [0, 0.1) is 6.92 Å². The first kappa shape index (κ1) is 27.2. The number of carboxylic acids is 1. The van der Waals surface area contributed by atoms with Crippen LogP contribution in [0.3, 0.4) is 0 Å². The van der Waals surface area contributed by atoms with Crippen LogP contribution in [0.5, 0.6) is 0 Å². The average Bonchev–Trinajstić information content (AvgIpc) is 3.47. The molecule has 1 saturated heterocycles. The molecule has 0 spiro atoms. The van der Waals surface area contributed by atoms with Crippen molar-refractivity contribution in [2.45, 2.75) is 77.9 Å². The predicted molar refractivity (Wildman–Crippen MR) is 143 cm³/mol. The molecule has 3 aliphatic rings. The van der Waals surface area contributed by atoms with Gasteiger partial charge in [0, 0.05) is 24.8 Å². The van der Waals surface area contributed by atoms with Crippen molar-refractivity contribution in [3.05, 3.63) is 47.1 Å². The standard InChI is InChI=1S/C27H37N7O5/c1-18-22(23(25(35)36)39-26(2,3)4)24-32-10-8-27(5,9-11-32)38-13-7-6-12-37-17-20-16-33(31-29-20)15-19-14-21(28-18)34(24)30-19/h6-7,14,16,23H,8-13,15,17H2,1-5H3,(H,35,36)/b7-6-/t23-/m0/s1. The number of hydrogen-bond donors (Lipinski definition) is 1. The summed E-state index contributed by atoms with van der Waals surface area (Å²) in [6.07, 6.45) is 6.09. The molecule has 0 saturated carbocycles. The van der Waals surface area contributed by atoms with E-state index in [2.05, 4.69) is 22.1 Å². The second-order valence-electron chi connectivity index (χ2n) is 11.4. The lowest BCUT2D eigenvalue weighted by Crippen LogP contribution is -2.45. The number of piperidine rings is 1. The zero-order chi connectivity index (χ0) is 27.8. The van der Waals surface area contributed by atoms with Gasteiger partial charge in [-0.25, -0.2) is 14.5 Å². The Morgan fingerprint density at radius 2 is 1.92 bits per heavy atom. The SMILES string of the molecule is Cc1nc2cc3nn2c(c1[C@H](OC(C)(C)C)C(=O)O)N1CCC(C)(CC1)OC/C=C\COCc1cn(nn1)C3. The molecule has 0 aromatic carbocycles. The zero-order valence-electron chi connectivity index (χ0n) is 23.3. The first-order chi connectivity index (χ1) is 18.5. The minimum Gasteiger partial charge on any atom is -0.479 e. The Morgan fingerprint density at radius 3 is 2.64 bits per heavy atom. The van der Waals surface area contributed by atoms with Gasteiger partial charge in [0.2, 0.25) is 0 Å². The summed E-state index contributed by atoms with van der Waals surface area (Å²) in [6, 6.07) is 1.90. The summed E-state index contributed by atoms with van der Waals surface area (Å²) in [6.45, 7) is 12.5. The quantitative estimate of drug-likeness (QED) is 0.496. The molecule has 12 heteroatoms. The van der Waals surface area contributed by atoms with Gasteiger partial charge < -0.3 is 24.2 Å². The van der Waals surface area contributed by atoms with E-state index in [1.54, 1.807) is 9.20 Å². The van der Waals surface area contributed by atoms with E-state index in [0.717, 1.165) is 24.2 Å². The Labute approximate surface area is 227 Å². The van der Waals surface area contributed by atoms with Crippen molar-refractivity contribution in [1.82, 2.24) is 29.6 Å². The third kappa shape index (κ3) is 6.13. The Bertz CT molecular complexity index is 1360. The Balaban J connectivity index is 1.62. The van der Waals surface area contributed by atoms with Crippen molar-refractivity contribution in [3.63, 3.8) is 0 Å². The summed E-state index contributed by atoms with van der Waals surface area (Å²) in [5.41, 5.74) is 2.21. The highest BCUT2D eigenvalue weighted by Crippen LogP contribution is 2.37. The molecular weight excluding hydrogens is 502 g/mol. The molecule has 0 amide bonds. The average molecular weight is 540 g/mol. The molecule has 3 aromatic rings. The van der Waals surface area contributed by atoms with Gasteiger partial charge in [-0.2, -0.15) is 9.61 Å². The first-order valence-corrected chi connectivity index (χ1v) is 13.3. The zero-order valence-corrected chi connectivity index (χ0v) is 23.3. The van der Waals surface area contributed by atoms with Crippen molar-refractivity contribution in [1.29, 1.82) is 0 Å². The van der Waals surface area contributed by atoms with Crippen LogP contribution in [0.15, 0.2) is 24.4 Å². The monoisotopic (exact) mass is 539 g/mol. The van der Waals surface area contributed by atoms with Gasteiger partial charge in [-0.15, -0.1) is 5.10 Å². The molecule has 1 fully saturated rings. The summed E-state index contributed by atoms with van der Waals surface area (Å²) in [5, 5.41) is 23.6. The number of carboxylic acid groups (broad SMARTS) is 1. The third-order valence-corrected chi connectivity index (χ3v) is 7.00. The van der Waals surface area contributed by atoms with Gasteiger partial charge in [-0.1, -0.05) is 17.4 Å². The maximum atomic E-state index is 12.6. The van der Waals surface area contributed by atoms with E-state index in [4.69, 9.17) is 24.3 Å². The molecule has 1 N–H and O–H groups in total. The lowest BCUT2D eigenvalue weighted by molar-refractivity contribution is -0.160. The smallest absolute Gasteiger partial charge is 0.337 e. The van der Waals surface area contributed by atoms with Gasteiger partial charge in [0.25, 0.3) is 0 Å². The van der Waals surface area contributed by atoms with Gasteiger partial charge in [0.1, 0.15) is 11.5 Å². The maximum absolute atomic E-state index is 12.6. The molecule has 6 rings (SSSR count). The summed E-state index contributed by atoms with van der Waals surface area (Å²) >= 11 is 0. The number of hydrogen-bond acceptors (Lipinski definition) is 9. The van der Waals surface area contributed by atoms with Crippen molar-refractivity contribution >= 4 is 17.4 Å². The molecule has 39 heavy (non-hydrogen) atoms. The Kier molecular flexibility index (Phi) is 7.45. The molecule has 0 unspecified atom stereocenters. The van der Waals surface area contributed by atoms with Crippen LogP contribution in [0.1, 0.15) is 69.3 Å². The van der Waals surface area contributed by atoms with E-state index in [0.29, 0.717) is 62.2 Å². The molecular formula is C27H37N7O5. The minimum atomic E-state index is -1.21. The third-order valence-electron chi connectivity index (χ3n) is 7.00. The molecule has 0 aliphatic carbocycles. The van der Waals surface area contributed by atoms with Crippen molar-refractivity contribution < 1.29 is 24.1 Å². The van der Waals surface area contributed by atoms with Crippen LogP contribution >= 0.6 is 0 Å². The van der Waals surface area contributed by atoms with E-state index in [1.807, 2.05) is 52.1 Å². The second kappa shape index (κ2) is 10.7. The van der Waals surface area contributed by atoms with Gasteiger partial charge in [0.15, 0.2) is 11.8 Å². The molecule has 1 atom stereocenters. The first-order valence-electron chi connectivity index (χ1n) is 13.3. The van der Waals surface area contributed by atoms with Gasteiger partial charge in [-0.3, -0.25) is 0 Å². The second-order valence-corrected chi connectivity index (χ2v) is 11.4. The van der Waals surface area contributed by atoms with Crippen LogP contribution in [0.2, 0.25) is 0 Å². The largest absolute Gasteiger partial charge is 0.479 e. The highest BCUT2D eigenvalue weighted by molar-refractivity contribution is 5.78. The molecule has 3 aromatic heterocycles. The number of carbonyl (C=O) groups is 1. The van der Waals surface area contributed by atoms with Crippen LogP contribution in [0.4, 0.5) is 5.82 Å². The summed E-state index contributed by atoms with van der Waals surface area (Å²) in [7, 11) is 0. The van der Waals surface area contributed by atoms with Gasteiger partial charge in [-0.05, 0) is 47.5 Å². The fraction of sp³-hybridized carbons (Fsp3) is 0.593. The van der Waals surface area contributed by atoms with Crippen LogP contribution < -0.4 is 4.90 Å². The molecule has 3 aliphatic heterocycles. The minimum absolute atomic E-state index is 0.299. The van der Waals surface area contributed by atoms with E-state index in [1.165, 1.54) is 0 Å². The molecule has 12 nitrogen and oxygen atoms in total. The molecule has 6 heterocycles. The highest BCUT2D eigenvalue weighted by atomic mass is 16.5. The normalized spacial score (nSPS) is 20.0. The number of ether oxygens (including phenoxy) is 3. The Hall–Kier alpha value is -3.35. The summed E-state index contributed by atoms with van der Waals surface area (Å²) in [5.74, 6) is -0.379. The van der Waals surface area contributed by atoms with E-state index < -0.39 is 17.7 Å². The van der Waals surface area contributed by atoms with Crippen LogP contribution in [-0.4, -0.2) is 78.2 Å². The lowest BCUT2D eigenvalue weighted by Gasteiger charge is -2.41. The van der Waals surface area contributed by atoms with Gasteiger partial charge in [0.05, 0.1) is 55.0 Å². The summed E-state index contributed by atoms with van der Waals surface area (Å²) in [4.78, 5) is 19.5. The number of aliphatic carboxylic acids is 1. The number of rotatable bonds is 3. The topological polar surface area (TPSA) is 129 Å². The number of aromatic nitrogens is 6. The molecule has 0 radical (unpaired) electrons. The van der Waals surface area contributed by atoms with Crippen molar-refractivity contribution in [2.75, 3.05) is 31.2 Å². The van der Waals surface area contributed by atoms with Gasteiger partial charge >= 0.3 is 5.97 Å². The number of nitrogens with zero attached hydrogens (tertiary/aromatic N) is 7. The fourth-order valence-corrected chi connectivity index (χ4v) is 5.04. The van der Waals surface area contributed by atoms with E-state index in [-0.39, 0.29) is 5.60 Å². The predicted octanol–water partition coefficient (Wildman–Crippen LogP) is 3.08. The number of anilines is 1. The number of aryl methyl sites for hydroxylation is 1. The van der Waals surface area contributed by atoms with Crippen molar-refractivity contribution in [2.24, 2.45) is 0 Å². The number of fused-ring (bicyclic) bond motifs is 7. The fourth-order valence-electron chi connectivity index (χ4n) is 5.04. The van der Waals surface area contributed by atoms with E-state index in [9.17, 15) is 9.90 Å².